The van der Waals surface area contributed by atoms with Crippen molar-refractivity contribution in [3.05, 3.63) is 72.3 Å². The van der Waals surface area contributed by atoms with E-state index in [0.29, 0.717) is 30.0 Å². The zero-order valence-corrected chi connectivity index (χ0v) is 18.1. The van der Waals surface area contributed by atoms with E-state index in [9.17, 15) is 4.79 Å². The first-order chi connectivity index (χ1) is 15.2. The Morgan fingerprint density at radius 3 is 2.13 bits per heavy atom. The Hall–Kier alpha value is -3.31. The summed E-state index contributed by atoms with van der Waals surface area (Å²) in [6.45, 7) is 2.45. The maximum absolute atomic E-state index is 12.5. The number of ketones is 1. The number of para-hydroxylation sites is 2. The Morgan fingerprint density at radius 1 is 0.839 bits per heavy atom. The second-order valence-electron chi connectivity index (χ2n) is 7.53. The normalized spacial score (nSPS) is 11.2. The summed E-state index contributed by atoms with van der Waals surface area (Å²) in [5, 5.41) is 6.00. The smallest absolute Gasteiger partial charge is 0.164 e. The van der Waals surface area contributed by atoms with Crippen LogP contribution in [0.25, 0.3) is 21.8 Å². The molecule has 1 N–H and O–H groups in total. The Morgan fingerprint density at radius 2 is 1.48 bits per heavy atom. The summed E-state index contributed by atoms with van der Waals surface area (Å²) in [7, 11) is 3.16. The number of aromatic nitrogens is 1. The molecule has 5 nitrogen and oxygen atoms in total. The van der Waals surface area contributed by atoms with Crippen LogP contribution in [0.1, 0.15) is 23.2 Å². The van der Waals surface area contributed by atoms with Crippen molar-refractivity contribution >= 4 is 27.6 Å². The summed E-state index contributed by atoms with van der Waals surface area (Å²) in [6.07, 6.45) is 1.44. The maximum Gasteiger partial charge on any atom is 0.164 e. The Balaban J connectivity index is 1.30. The molecule has 0 fully saturated rings. The van der Waals surface area contributed by atoms with Crippen molar-refractivity contribution in [2.75, 3.05) is 27.3 Å². The van der Waals surface area contributed by atoms with Gasteiger partial charge < -0.3 is 19.4 Å². The molecule has 0 unspecified atom stereocenters. The molecule has 4 aromatic rings. The predicted octanol–water partition coefficient (Wildman–Crippen LogP) is 5.06. The van der Waals surface area contributed by atoms with Crippen LogP contribution in [0.4, 0.5) is 0 Å². The number of hydrogen-bond acceptors (Lipinski definition) is 4. The van der Waals surface area contributed by atoms with E-state index < -0.39 is 0 Å². The second-order valence-corrected chi connectivity index (χ2v) is 7.53. The van der Waals surface area contributed by atoms with Crippen LogP contribution in [-0.4, -0.2) is 37.7 Å². The summed E-state index contributed by atoms with van der Waals surface area (Å²) >= 11 is 0. The van der Waals surface area contributed by atoms with Crippen LogP contribution in [0, 0.1) is 0 Å². The summed E-state index contributed by atoms with van der Waals surface area (Å²) in [4.78, 5) is 12.5. The molecule has 3 aromatic carbocycles. The third-order valence-electron chi connectivity index (χ3n) is 5.65. The van der Waals surface area contributed by atoms with Crippen LogP contribution in [-0.2, 0) is 6.54 Å². The van der Waals surface area contributed by atoms with E-state index in [1.54, 1.807) is 32.4 Å². The van der Waals surface area contributed by atoms with Gasteiger partial charge in [0.25, 0.3) is 0 Å². The van der Waals surface area contributed by atoms with Crippen molar-refractivity contribution in [3.8, 4) is 11.5 Å². The number of carbonyl (C=O) groups is 1. The Bertz CT molecular complexity index is 1140. The lowest BCUT2D eigenvalue weighted by atomic mass is 10.1. The number of nitrogens with one attached hydrogen (secondary N) is 1. The van der Waals surface area contributed by atoms with Gasteiger partial charge in [0, 0.05) is 46.9 Å². The molecule has 0 atom stereocenters. The van der Waals surface area contributed by atoms with E-state index in [4.69, 9.17) is 9.47 Å². The lowest BCUT2D eigenvalue weighted by molar-refractivity contribution is 0.0982. The molecule has 0 aliphatic rings. The number of carbonyl (C=O) groups excluding carboxylic acids is 1. The van der Waals surface area contributed by atoms with Crippen molar-refractivity contribution in [1.82, 2.24) is 9.88 Å². The minimum Gasteiger partial charge on any atom is -0.493 e. The molecule has 0 bridgehead atoms. The van der Waals surface area contributed by atoms with E-state index in [-0.39, 0.29) is 5.78 Å². The fraction of sp³-hybridized carbons (Fsp3) is 0.269. The third-order valence-corrected chi connectivity index (χ3v) is 5.65. The van der Waals surface area contributed by atoms with Gasteiger partial charge >= 0.3 is 0 Å². The molecular weight excluding hydrogens is 388 g/mol. The highest BCUT2D eigenvalue weighted by molar-refractivity contribution is 6.07. The average Bonchev–Trinajstić information content (AvgIpc) is 3.14. The first kappa shape index (κ1) is 20.9. The molecule has 1 heterocycles. The number of benzene rings is 3. The number of rotatable bonds is 10. The topological polar surface area (TPSA) is 52.5 Å². The minimum absolute atomic E-state index is 0.0934. The molecule has 5 heteroatoms. The van der Waals surface area contributed by atoms with Crippen LogP contribution in [0.2, 0.25) is 0 Å². The van der Waals surface area contributed by atoms with E-state index >= 15 is 0 Å². The fourth-order valence-corrected chi connectivity index (χ4v) is 4.09. The minimum atomic E-state index is 0.0934. The van der Waals surface area contributed by atoms with Crippen molar-refractivity contribution in [2.24, 2.45) is 0 Å². The van der Waals surface area contributed by atoms with E-state index in [2.05, 4.69) is 58.4 Å². The second kappa shape index (κ2) is 9.67. The molecule has 0 spiro atoms. The summed E-state index contributed by atoms with van der Waals surface area (Å²) in [5.74, 6) is 1.30. The van der Waals surface area contributed by atoms with Crippen LogP contribution in [0.5, 0.6) is 11.5 Å². The van der Waals surface area contributed by atoms with Gasteiger partial charge in [-0.1, -0.05) is 36.4 Å². The van der Waals surface area contributed by atoms with Crippen LogP contribution >= 0.6 is 0 Å². The van der Waals surface area contributed by atoms with Crippen LogP contribution in [0.15, 0.2) is 66.7 Å². The Kier molecular flexibility index (Phi) is 6.53. The van der Waals surface area contributed by atoms with Gasteiger partial charge in [0.15, 0.2) is 17.3 Å². The van der Waals surface area contributed by atoms with E-state index in [1.165, 1.54) is 21.8 Å². The zero-order chi connectivity index (χ0) is 21.6. The largest absolute Gasteiger partial charge is 0.493 e. The Labute approximate surface area is 182 Å². The number of hydrogen-bond donors (Lipinski definition) is 1. The summed E-state index contributed by atoms with van der Waals surface area (Å²) in [5.41, 5.74) is 3.18. The first-order valence-electron chi connectivity index (χ1n) is 10.6. The number of methoxy groups -OCH3 is 2. The van der Waals surface area contributed by atoms with Gasteiger partial charge in [-0.05, 0) is 43.3 Å². The van der Waals surface area contributed by atoms with Crippen molar-refractivity contribution < 1.29 is 14.3 Å². The molecule has 0 saturated carbocycles. The number of Topliss-reactive ketones (excluding diaryl/α,β-unsaturated/α-hetero) is 1. The van der Waals surface area contributed by atoms with Gasteiger partial charge in [-0.25, -0.2) is 0 Å². The highest BCUT2D eigenvalue weighted by Crippen LogP contribution is 2.29. The molecule has 0 saturated heterocycles. The van der Waals surface area contributed by atoms with Gasteiger partial charge in [0.05, 0.1) is 14.2 Å². The zero-order valence-electron chi connectivity index (χ0n) is 18.1. The standard InChI is InChI=1S/C26H28N2O3/c1-30-25-13-12-19(18-26(25)31-2)24(29)14-16-27-15-7-17-28-22-10-5-3-8-20(22)21-9-4-6-11-23(21)28/h3-6,8-13,18,27H,7,14-17H2,1-2H3. The first-order valence-corrected chi connectivity index (χ1v) is 10.6. The van der Waals surface area contributed by atoms with Gasteiger partial charge in [-0.2, -0.15) is 0 Å². The molecule has 0 aliphatic heterocycles. The van der Waals surface area contributed by atoms with E-state index in [0.717, 1.165) is 19.5 Å². The molecule has 4 rings (SSSR count). The predicted molar refractivity (Wildman–Crippen MR) is 125 cm³/mol. The summed E-state index contributed by atoms with van der Waals surface area (Å²) in [6, 6.07) is 22.4. The summed E-state index contributed by atoms with van der Waals surface area (Å²) < 4.78 is 12.9. The van der Waals surface area contributed by atoms with E-state index in [1.807, 2.05) is 0 Å². The third kappa shape index (κ3) is 4.42. The monoisotopic (exact) mass is 416 g/mol. The van der Waals surface area contributed by atoms with Crippen molar-refractivity contribution in [3.63, 3.8) is 0 Å². The molecule has 160 valence electrons. The maximum atomic E-state index is 12.5. The van der Waals surface area contributed by atoms with Crippen molar-refractivity contribution in [1.29, 1.82) is 0 Å². The number of fused-ring (bicyclic) bond motifs is 3. The highest BCUT2D eigenvalue weighted by Gasteiger charge is 2.11. The van der Waals surface area contributed by atoms with Crippen LogP contribution < -0.4 is 14.8 Å². The quantitative estimate of drug-likeness (QED) is 0.290. The lowest BCUT2D eigenvalue weighted by Gasteiger charge is -2.10. The van der Waals surface area contributed by atoms with Crippen molar-refractivity contribution in [2.45, 2.75) is 19.4 Å². The molecule has 31 heavy (non-hydrogen) atoms. The van der Waals surface area contributed by atoms with Gasteiger partial charge in [-0.3, -0.25) is 4.79 Å². The molecule has 1 aromatic heterocycles. The van der Waals surface area contributed by atoms with Gasteiger partial charge in [0.1, 0.15) is 0 Å². The lowest BCUT2D eigenvalue weighted by Crippen LogP contribution is -2.20. The molecular formula is C26H28N2O3. The molecule has 0 amide bonds. The van der Waals surface area contributed by atoms with Gasteiger partial charge in [-0.15, -0.1) is 0 Å². The molecule has 0 aliphatic carbocycles. The average molecular weight is 417 g/mol. The number of ether oxygens (including phenoxy) is 2. The molecule has 0 radical (unpaired) electrons. The number of aryl methyl sites for hydroxylation is 1. The fourth-order valence-electron chi connectivity index (χ4n) is 4.09. The van der Waals surface area contributed by atoms with Gasteiger partial charge in [0.2, 0.25) is 0 Å². The highest BCUT2D eigenvalue weighted by atomic mass is 16.5. The SMILES string of the molecule is COc1ccc(C(=O)CCNCCCn2c3ccccc3c3ccccc32)cc1OC. The number of nitrogens with zero attached hydrogens (tertiary/aromatic N) is 1. The van der Waals surface area contributed by atoms with Crippen LogP contribution in [0.3, 0.4) is 0 Å².